The number of carbonyl (C=O) groups is 2. The quantitative estimate of drug-likeness (QED) is 0.313. The van der Waals surface area contributed by atoms with Crippen molar-refractivity contribution in [2.75, 3.05) is 0 Å². The molecule has 0 saturated heterocycles. The Morgan fingerprint density at radius 1 is 1.09 bits per heavy atom. The van der Waals surface area contributed by atoms with Crippen LogP contribution < -0.4 is 10.1 Å². The van der Waals surface area contributed by atoms with Crippen LogP contribution in [0.2, 0.25) is 0 Å². The highest BCUT2D eigenvalue weighted by atomic mass is 19.4. The van der Waals surface area contributed by atoms with Gasteiger partial charge in [-0.2, -0.15) is 27.1 Å². The third kappa shape index (κ3) is 5.54. The smallest absolute Gasteiger partial charge is 0.416 e. The summed E-state index contributed by atoms with van der Waals surface area (Å²) in [6.45, 7) is -0.0714. The lowest BCUT2D eigenvalue weighted by molar-refractivity contribution is -0.137. The molecule has 0 radical (unpaired) electrons. The molecule has 1 heterocycles. The molecule has 0 spiro atoms. The molecule has 33 heavy (non-hydrogen) atoms. The van der Waals surface area contributed by atoms with Crippen LogP contribution in [0.5, 0.6) is 5.75 Å². The van der Waals surface area contributed by atoms with Gasteiger partial charge >= 0.3 is 12.8 Å². The number of amides is 1. The van der Waals surface area contributed by atoms with E-state index in [1.807, 2.05) is 0 Å². The van der Waals surface area contributed by atoms with Crippen LogP contribution in [0.1, 0.15) is 32.9 Å². The molecule has 11 heteroatoms. The SMILES string of the molecule is Cc1nn(-c2cccc(C(F)(F)F)c2)c(C)c1C(=O)C(=O)NCc1ccc(OC(F)F)cc1. The number of hydrogen-bond acceptors (Lipinski definition) is 4. The molecule has 3 aromatic rings. The van der Waals surface area contributed by atoms with Gasteiger partial charge in [-0.3, -0.25) is 9.59 Å². The molecule has 2 aromatic carbocycles. The van der Waals surface area contributed by atoms with Crippen LogP contribution in [0, 0.1) is 13.8 Å². The van der Waals surface area contributed by atoms with E-state index in [1.165, 1.54) is 54.9 Å². The molecule has 1 N–H and O–H groups in total. The summed E-state index contributed by atoms with van der Waals surface area (Å²) in [7, 11) is 0. The van der Waals surface area contributed by atoms with Crippen LogP contribution in [0.3, 0.4) is 0 Å². The first kappa shape index (κ1) is 23.9. The van der Waals surface area contributed by atoms with E-state index in [-0.39, 0.29) is 34.9 Å². The molecule has 0 aliphatic rings. The number of hydrogen-bond donors (Lipinski definition) is 1. The number of nitrogens with zero attached hydrogens (tertiary/aromatic N) is 2. The van der Waals surface area contributed by atoms with Crippen molar-refractivity contribution in [1.29, 1.82) is 0 Å². The Kier molecular flexibility index (Phi) is 6.80. The topological polar surface area (TPSA) is 73.2 Å². The molecule has 1 aromatic heterocycles. The number of rotatable bonds is 7. The van der Waals surface area contributed by atoms with E-state index in [0.29, 0.717) is 5.56 Å². The Bertz CT molecular complexity index is 1170. The largest absolute Gasteiger partial charge is 0.435 e. The molecule has 6 nitrogen and oxygen atoms in total. The first-order valence-electron chi connectivity index (χ1n) is 9.57. The first-order chi connectivity index (χ1) is 15.5. The van der Waals surface area contributed by atoms with Gasteiger partial charge in [0.1, 0.15) is 5.75 Å². The minimum atomic E-state index is -4.55. The summed E-state index contributed by atoms with van der Waals surface area (Å²) in [4.78, 5) is 25.1. The molecule has 174 valence electrons. The van der Waals surface area contributed by atoms with Gasteiger partial charge < -0.3 is 10.1 Å². The molecule has 0 atom stereocenters. The fourth-order valence-electron chi connectivity index (χ4n) is 3.20. The molecule has 0 unspecified atom stereocenters. The summed E-state index contributed by atoms with van der Waals surface area (Å²) < 4.78 is 68.9. The summed E-state index contributed by atoms with van der Waals surface area (Å²) in [5, 5.41) is 6.56. The van der Waals surface area contributed by atoms with Crippen molar-refractivity contribution >= 4 is 11.7 Å². The minimum Gasteiger partial charge on any atom is -0.435 e. The lowest BCUT2D eigenvalue weighted by Gasteiger charge is -2.10. The van der Waals surface area contributed by atoms with Crippen molar-refractivity contribution in [3.63, 3.8) is 0 Å². The standard InChI is InChI=1S/C22H18F5N3O3/c1-12-18(13(2)30(29-12)16-5-3-4-15(10-16)22(25,26)27)19(31)20(32)28-11-14-6-8-17(9-7-14)33-21(23)24/h3-10,21H,11H2,1-2H3,(H,28,32). The maximum Gasteiger partial charge on any atom is 0.416 e. The van der Waals surface area contributed by atoms with Crippen molar-refractivity contribution < 1.29 is 36.3 Å². The lowest BCUT2D eigenvalue weighted by atomic mass is 10.1. The monoisotopic (exact) mass is 467 g/mol. The van der Waals surface area contributed by atoms with Gasteiger partial charge in [0.2, 0.25) is 0 Å². The molecule has 3 rings (SSSR count). The van der Waals surface area contributed by atoms with Gasteiger partial charge in [0.15, 0.2) is 0 Å². The maximum atomic E-state index is 13.0. The summed E-state index contributed by atoms with van der Waals surface area (Å²) in [5.74, 6) is -1.90. The van der Waals surface area contributed by atoms with E-state index in [9.17, 15) is 31.5 Å². The number of ketones is 1. The van der Waals surface area contributed by atoms with E-state index >= 15 is 0 Å². The zero-order valence-electron chi connectivity index (χ0n) is 17.4. The Balaban J connectivity index is 1.75. The number of carbonyl (C=O) groups excluding carboxylic acids is 2. The second kappa shape index (κ2) is 9.39. The number of aromatic nitrogens is 2. The fraction of sp³-hybridized carbons (Fsp3) is 0.227. The number of nitrogens with one attached hydrogen (secondary N) is 1. The molecule has 0 fully saturated rings. The lowest BCUT2D eigenvalue weighted by Crippen LogP contribution is -2.31. The average Bonchev–Trinajstić information content (AvgIpc) is 3.05. The van der Waals surface area contributed by atoms with Crippen molar-refractivity contribution in [2.45, 2.75) is 33.2 Å². The van der Waals surface area contributed by atoms with Crippen LogP contribution in [0.25, 0.3) is 5.69 Å². The van der Waals surface area contributed by atoms with Gasteiger partial charge in [0.25, 0.3) is 11.7 Å². The normalized spacial score (nSPS) is 11.5. The summed E-state index contributed by atoms with van der Waals surface area (Å²) >= 11 is 0. The number of benzene rings is 2. The average molecular weight is 467 g/mol. The predicted molar refractivity (Wildman–Crippen MR) is 107 cm³/mol. The Hall–Kier alpha value is -3.76. The van der Waals surface area contributed by atoms with Crippen molar-refractivity contribution in [2.24, 2.45) is 0 Å². The summed E-state index contributed by atoms with van der Waals surface area (Å²) in [6.07, 6.45) is -4.55. The van der Waals surface area contributed by atoms with Crippen molar-refractivity contribution in [1.82, 2.24) is 15.1 Å². The van der Waals surface area contributed by atoms with Gasteiger partial charge in [-0.25, -0.2) is 4.68 Å². The van der Waals surface area contributed by atoms with Crippen LogP contribution >= 0.6 is 0 Å². The van der Waals surface area contributed by atoms with Crippen molar-refractivity contribution in [3.8, 4) is 11.4 Å². The number of ether oxygens (including phenoxy) is 1. The predicted octanol–water partition coefficient (Wildman–Crippen LogP) is 4.61. The fourth-order valence-corrected chi connectivity index (χ4v) is 3.20. The van der Waals surface area contributed by atoms with E-state index in [1.54, 1.807) is 0 Å². The molecular weight excluding hydrogens is 449 g/mol. The van der Waals surface area contributed by atoms with Crippen LogP contribution in [0.15, 0.2) is 48.5 Å². The van der Waals surface area contributed by atoms with E-state index in [0.717, 1.165) is 12.1 Å². The third-order valence-electron chi connectivity index (χ3n) is 4.74. The highest BCUT2D eigenvalue weighted by Crippen LogP contribution is 2.31. The second-order valence-electron chi connectivity index (χ2n) is 7.04. The van der Waals surface area contributed by atoms with Gasteiger partial charge in [-0.15, -0.1) is 0 Å². The van der Waals surface area contributed by atoms with Gasteiger partial charge in [0, 0.05) is 6.54 Å². The molecular formula is C22H18F5N3O3. The second-order valence-corrected chi connectivity index (χ2v) is 7.04. The Morgan fingerprint density at radius 3 is 2.36 bits per heavy atom. The highest BCUT2D eigenvalue weighted by molar-refractivity contribution is 6.43. The maximum absolute atomic E-state index is 13.0. The van der Waals surface area contributed by atoms with E-state index in [4.69, 9.17) is 0 Å². The zero-order chi connectivity index (χ0) is 24.3. The van der Waals surface area contributed by atoms with E-state index in [2.05, 4.69) is 15.2 Å². The molecule has 0 saturated carbocycles. The molecule has 0 aliphatic heterocycles. The Labute approximate surface area is 185 Å². The Morgan fingerprint density at radius 2 is 1.76 bits per heavy atom. The number of Topliss-reactive ketones (excluding diaryl/α,β-unsaturated/α-hetero) is 1. The summed E-state index contributed by atoms with van der Waals surface area (Å²) in [6, 6.07) is 9.93. The van der Waals surface area contributed by atoms with Crippen LogP contribution in [-0.2, 0) is 17.5 Å². The van der Waals surface area contributed by atoms with E-state index < -0.39 is 30.0 Å². The number of alkyl halides is 5. The van der Waals surface area contributed by atoms with Gasteiger partial charge in [-0.05, 0) is 49.7 Å². The molecule has 0 aliphatic carbocycles. The summed E-state index contributed by atoms with van der Waals surface area (Å²) in [5.41, 5.74) is 0.120. The zero-order valence-corrected chi connectivity index (χ0v) is 17.4. The minimum absolute atomic E-state index is 0.0226. The van der Waals surface area contributed by atoms with Crippen molar-refractivity contribution in [3.05, 3.63) is 76.6 Å². The van der Waals surface area contributed by atoms with Gasteiger partial charge in [0.05, 0.1) is 28.2 Å². The van der Waals surface area contributed by atoms with Gasteiger partial charge in [-0.1, -0.05) is 18.2 Å². The number of halogens is 5. The third-order valence-corrected chi connectivity index (χ3v) is 4.74. The van der Waals surface area contributed by atoms with Crippen LogP contribution in [0.4, 0.5) is 22.0 Å². The van der Waals surface area contributed by atoms with Crippen LogP contribution in [-0.4, -0.2) is 28.1 Å². The highest BCUT2D eigenvalue weighted by Gasteiger charge is 2.31. The number of aryl methyl sites for hydroxylation is 1. The first-order valence-corrected chi connectivity index (χ1v) is 9.57. The molecule has 1 amide bonds. The molecule has 0 bridgehead atoms.